The molecule has 0 aromatic rings. The van der Waals surface area contributed by atoms with Crippen molar-refractivity contribution >= 4 is 0 Å². The molecular weight excluding hydrogens is 520 g/mol. The lowest BCUT2D eigenvalue weighted by molar-refractivity contribution is -0.445. The van der Waals surface area contributed by atoms with Crippen LogP contribution in [-0.2, 0) is 18.9 Å². The van der Waals surface area contributed by atoms with Crippen LogP contribution in [0.15, 0.2) is 12.2 Å². The highest BCUT2D eigenvalue weighted by molar-refractivity contribution is 5.25. The number of alkyl halides is 12. The molecule has 2 aliphatic rings. The molecule has 2 bridgehead atoms. The van der Waals surface area contributed by atoms with E-state index in [9.17, 15) is 52.7 Å². The molecule has 2 aliphatic carbocycles. The number of hydrogen-bond donors (Lipinski definition) is 0. The molecule has 4 unspecified atom stereocenters. The zero-order valence-corrected chi connectivity index (χ0v) is 18.2. The highest BCUT2D eigenvalue weighted by Crippen LogP contribution is 2.68. The number of fused-ring (bicyclic) bond motifs is 2. The van der Waals surface area contributed by atoms with E-state index in [0.717, 1.165) is 12.2 Å². The standard InChI is InChI=1S/C19H22F12O4/c1-3-32-8-34-14(16(20,21)22,17(23,24)25)12-10-5-6-11(7-10)13(12)15(18(26,27)28,19(29,30)31)35-9-33-4-2/h5-6,10-13H,3-4,7-9H2,1-2H3. The van der Waals surface area contributed by atoms with Crippen LogP contribution in [0.5, 0.6) is 0 Å². The minimum Gasteiger partial charge on any atom is -0.356 e. The minimum absolute atomic E-state index is 0.446. The maximum Gasteiger partial charge on any atom is 0.426 e. The Morgan fingerprint density at radius 2 is 0.857 bits per heavy atom. The average Bonchev–Trinajstić information content (AvgIpc) is 3.26. The molecule has 0 aromatic heterocycles. The summed E-state index contributed by atoms with van der Waals surface area (Å²) in [7, 11) is 0. The smallest absolute Gasteiger partial charge is 0.356 e. The van der Waals surface area contributed by atoms with E-state index in [-0.39, 0.29) is 0 Å². The molecule has 0 saturated heterocycles. The quantitative estimate of drug-likeness (QED) is 0.143. The molecule has 0 heterocycles. The summed E-state index contributed by atoms with van der Waals surface area (Å²) in [4.78, 5) is 0. The lowest BCUT2D eigenvalue weighted by Gasteiger charge is -2.51. The highest BCUT2D eigenvalue weighted by atomic mass is 19.4. The third kappa shape index (κ3) is 4.87. The molecule has 4 nitrogen and oxygen atoms in total. The van der Waals surface area contributed by atoms with Crippen molar-refractivity contribution in [1.29, 1.82) is 0 Å². The zero-order valence-electron chi connectivity index (χ0n) is 18.2. The number of halogens is 12. The molecule has 0 aromatic carbocycles. The Morgan fingerprint density at radius 3 is 1.09 bits per heavy atom. The van der Waals surface area contributed by atoms with Gasteiger partial charge in [0, 0.05) is 25.0 Å². The molecule has 2 rings (SSSR count). The molecule has 206 valence electrons. The highest BCUT2D eigenvalue weighted by Gasteiger charge is 2.86. The van der Waals surface area contributed by atoms with Crippen LogP contribution in [0, 0.1) is 23.7 Å². The molecule has 0 aliphatic heterocycles. The van der Waals surface area contributed by atoms with Crippen LogP contribution in [0.2, 0.25) is 0 Å². The Kier molecular flexibility index (Phi) is 8.47. The van der Waals surface area contributed by atoms with E-state index < -0.39 is 92.8 Å². The molecule has 0 N–H and O–H groups in total. The fourth-order valence-electron chi connectivity index (χ4n) is 4.96. The van der Waals surface area contributed by atoms with Crippen LogP contribution in [-0.4, -0.2) is 62.7 Å². The maximum atomic E-state index is 14.2. The van der Waals surface area contributed by atoms with Gasteiger partial charge in [0.05, 0.1) is 0 Å². The van der Waals surface area contributed by atoms with Gasteiger partial charge in [-0.15, -0.1) is 0 Å². The summed E-state index contributed by atoms with van der Waals surface area (Å²) in [6, 6.07) is 0. The van der Waals surface area contributed by atoms with Crippen molar-refractivity contribution in [2.24, 2.45) is 23.7 Å². The SMILES string of the molecule is CCOCOC(C1C2C=CC(C2)C1C(OCOCC)(C(F)(F)F)C(F)(F)F)(C(F)(F)F)C(F)(F)F. The molecule has 4 atom stereocenters. The van der Waals surface area contributed by atoms with Crippen molar-refractivity contribution < 1.29 is 71.6 Å². The molecule has 35 heavy (non-hydrogen) atoms. The molecule has 0 spiro atoms. The van der Waals surface area contributed by atoms with Gasteiger partial charge in [0.1, 0.15) is 13.6 Å². The first-order chi connectivity index (χ1) is 15.8. The third-order valence-electron chi connectivity index (χ3n) is 6.23. The summed E-state index contributed by atoms with van der Waals surface area (Å²) in [6.07, 6.45) is -25.3. The van der Waals surface area contributed by atoms with Crippen molar-refractivity contribution in [3.63, 3.8) is 0 Å². The van der Waals surface area contributed by atoms with Crippen LogP contribution in [0.1, 0.15) is 20.3 Å². The number of hydrogen-bond acceptors (Lipinski definition) is 4. The van der Waals surface area contributed by atoms with Gasteiger partial charge in [0.2, 0.25) is 0 Å². The second-order valence-corrected chi connectivity index (χ2v) is 7.97. The minimum atomic E-state index is -6.48. The van der Waals surface area contributed by atoms with Crippen LogP contribution in [0.4, 0.5) is 52.7 Å². The van der Waals surface area contributed by atoms with Crippen LogP contribution >= 0.6 is 0 Å². The summed E-state index contributed by atoms with van der Waals surface area (Å²) in [5, 5.41) is 0. The number of rotatable bonds is 10. The fraction of sp³-hybridized carbons (Fsp3) is 0.895. The van der Waals surface area contributed by atoms with Gasteiger partial charge >= 0.3 is 24.7 Å². The van der Waals surface area contributed by atoms with Gasteiger partial charge < -0.3 is 18.9 Å². The average molecular weight is 542 g/mol. The monoisotopic (exact) mass is 542 g/mol. The van der Waals surface area contributed by atoms with Gasteiger partial charge in [0.25, 0.3) is 11.2 Å². The van der Waals surface area contributed by atoms with Gasteiger partial charge in [-0.25, -0.2) is 0 Å². The van der Waals surface area contributed by atoms with Crippen molar-refractivity contribution in [2.75, 3.05) is 26.8 Å². The summed E-state index contributed by atoms with van der Waals surface area (Å²) < 4.78 is 187. The van der Waals surface area contributed by atoms with Crippen LogP contribution in [0.3, 0.4) is 0 Å². The van der Waals surface area contributed by atoms with Crippen molar-refractivity contribution in [2.45, 2.75) is 56.2 Å². The van der Waals surface area contributed by atoms with Crippen molar-refractivity contribution in [1.82, 2.24) is 0 Å². The maximum absolute atomic E-state index is 14.2. The Hall–Kier alpha value is -1.26. The Morgan fingerprint density at radius 1 is 0.571 bits per heavy atom. The predicted molar refractivity (Wildman–Crippen MR) is 92.6 cm³/mol. The van der Waals surface area contributed by atoms with E-state index >= 15 is 0 Å². The summed E-state index contributed by atoms with van der Waals surface area (Å²) in [6.45, 7) is -1.92. The molecule has 1 fully saturated rings. The third-order valence-corrected chi connectivity index (χ3v) is 6.23. The van der Waals surface area contributed by atoms with Crippen molar-refractivity contribution in [3.8, 4) is 0 Å². The molecule has 1 saturated carbocycles. The van der Waals surface area contributed by atoms with Gasteiger partial charge in [-0.2, -0.15) is 52.7 Å². The zero-order chi connectivity index (χ0) is 27.1. The van der Waals surface area contributed by atoms with Crippen molar-refractivity contribution in [3.05, 3.63) is 12.2 Å². The second-order valence-electron chi connectivity index (χ2n) is 7.97. The van der Waals surface area contributed by atoms with Crippen LogP contribution < -0.4 is 0 Å². The number of allylic oxidation sites excluding steroid dienone is 2. The molecule has 0 radical (unpaired) electrons. The van der Waals surface area contributed by atoms with Gasteiger partial charge in [-0.1, -0.05) is 12.2 Å². The van der Waals surface area contributed by atoms with E-state index in [0.29, 0.717) is 0 Å². The van der Waals surface area contributed by atoms with Crippen LogP contribution in [0.25, 0.3) is 0 Å². The number of ether oxygens (including phenoxy) is 4. The van der Waals surface area contributed by atoms with E-state index in [1.165, 1.54) is 13.8 Å². The fourth-order valence-corrected chi connectivity index (χ4v) is 4.96. The van der Waals surface area contributed by atoms with E-state index in [4.69, 9.17) is 0 Å². The summed E-state index contributed by atoms with van der Waals surface area (Å²) in [5.74, 6) is -10.8. The molecule has 16 heteroatoms. The lowest BCUT2D eigenvalue weighted by atomic mass is 9.64. The molecular formula is C19H22F12O4. The lowest BCUT2D eigenvalue weighted by Crippen LogP contribution is -2.72. The second kappa shape index (κ2) is 9.89. The Balaban J connectivity index is 2.87. The topological polar surface area (TPSA) is 36.9 Å². The van der Waals surface area contributed by atoms with E-state index in [1.807, 2.05) is 0 Å². The predicted octanol–water partition coefficient (Wildman–Crippen LogP) is 6.17. The van der Waals surface area contributed by atoms with Gasteiger partial charge in [-0.3, -0.25) is 0 Å². The first-order valence-electron chi connectivity index (χ1n) is 10.2. The Bertz CT molecular complexity index is 652. The largest absolute Gasteiger partial charge is 0.426 e. The van der Waals surface area contributed by atoms with Gasteiger partial charge in [0.15, 0.2) is 0 Å². The first kappa shape index (κ1) is 30.0. The molecule has 0 amide bonds. The van der Waals surface area contributed by atoms with Gasteiger partial charge in [-0.05, 0) is 32.1 Å². The normalized spacial score (nSPS) is 26.1. The summed E-state index contributed by atoms with van der Waals surface area (Å²) in [5.41, 5.74) is -10.9. The first-order valence-corrected chi connectivity index (χ1v) is 10.2. The van der Waals surface area contributed by atoms with E-state index in [1.54, 1.807) is 0 Å². The summed E-state index contributed by atoms with van der Waals surface area (Å²) >= 11 is 0. The van der Waals surface area contributed by atoms with E-state index in [2.05, 4.69) is 18.9 Å². The Labute approximate surface area is 191 Å².